The van der Waals surface area contributed by atoms with E-state index in [1.165, 1.54) is 0 Å². The molecular formula is C13H22IN3O. The van der Waals surface area contributed by atoms with Crippen molar-refractivity contribution in [2.75, 3.05) is 25.6 Å². The zero-order chi connectivity index (χ0) is 13.5. The molecule has 102 valence electrons. The Morgan fingerprint density at radius 1 is 1.33 bits per heavy atom. The van der Waals surface area contributed by atoms with E-state index < -0.39 is 0 Å². The van der Waals surface area contributed by atoms with Crippen LogP contribution in [0.4, 0.5) is 5.82 Å². The largest absolute Gasteiger partial charge is 0.384 e. The average Bonchev–Trinajstić information content (AvgIpc) is 2.37. The molecule has 0 aliphatic carbocycles. The molecule has 0 spiro atoms. The molecule has 5 heteroatoms. The summed E-state index contributed by atoms with van der Waals surface area (Å²) < 4.78 is 6.32. The van der Waals surface area contributed by atoms with Crippen molar-refractivity contribution in [2.45, 2.75) is 39.5 Å². The highest BCUT2D eigenvalue weighted by Crippen LogP contribution is 2.22. The minimum Gasteiger partial charge on any atom is -0.384 e. The van der Waals surface area contributed by atoms with Crippen LogP contribution in [-0.2, 0) is 11.2 Å². The third-order valence-electron chi connectivity index (χ3n) is 2.67. The summed E-state index contributed by atoms with van der Waals surface area (Å²) in [6, 6.07) is 0. The Kier molecular flexibility index (Phi) is 6.85. The fourth-order valence-electron chi connectivity index (χ4n) is 1.65. The lowest BCUT2D eigenvalue weighted by Gasteiger charge is -2.15. The van der Waals surface area contributed by atoms with Crippen molar-refractivity contribution in [1.29, 1.82) is 0 Å². The summed E-state index contributed by atoms with van der Waals surface area (Å²) in [5.41, 5.74) is 1.11. The van der Waals surface area contributed by atoms with Gasteiger partial charge in [0.15, 0.2) is 0 Å². The molecule has 0 aromatic carbocycles. The SMILES string of the molecule is CCCNc1nc(C(C)COC)nc(CC)c1I. The van der Waals surface area contributed by atoms with Crippen LogP contribution in [0.15, 0.2) is 0 Å². The van der Waals surface area contributed by atoms with Crippen molar-refractivity contribution in [3.05, 3.63) is 15.1 Å². The van der Waals surface area contributed by atoms with Crippen LogP contribution in [0.3, 0.4) is 0 Å². The van der Waals surface area contributed by atoms with E-state index in [0.717, 1.165) is 40.3 Å². The fourth-order valence-corrected chi connectivity index (χ4v) is 2.47. The summed E-state index contributed by atoms with van der Waals surface area (Å²) in [7, 11) is 1.71. The number of nitrogens with zero attached hydrogens (tertiary/aromatic N) is 2. The maximum absolute atomic E-state index is 5.18. The second-order valence-electron chi connectivity index (χ2n) is 4.33. The van der Waals surface area contributed by atoms with Crippen molar-refractivity contribution >= 4 is 28.4 Å². The molecule has 1 rings (SSSR count). The minimum atomic E-state index is 0.222. The number of aryl methyl sites for hydroxylation is 1. The van der Waals surface area contributed by atoms with Crippen LogP contribution in [0.25, 0.3) is 0 Å². The minimum absolute atomic E-state index is 0.222. The third kappa shape index (κ3) is 4.05. The highest BCUT2D eigenvalue weighted by Gasteiger charge is 2.15. The molecule has 0 radical (unpaired) electrons. The van der Waals surface area contributed by atoms with E-state index in [4.69, 9.17) is 4.74 Å². The highest BCUT2D eigenvalue weighted by molar-refractivity contribution is 14.1. The van der Waals surface area contributed by atoms with E-state index in [9.17, 15) is 0 Å². The van der Waals surface area contributed by atoms with E-state index in [0.29, 0.717) is 6.61 Å². The number of nitrogens with one attached hydrogen (secondary N) is 1. The van der Waals surface area contributed by atoms with Gasteiger partial charge in [0.05, 0.1) is 15.9 Å². The Labute approximate surface area is 123 Å². The Hall–Kier alpha value is -0.430. The number of hydrogen-bond acceptors (Lipinski definition) is 4. The van der Waals surface area contributed by atoms with Gasteiger partial charge < -0.3 is 10.1 Å². The van der Waals surface area contributed by atoms with Gasteiger partial charge in [-0.2, -0.15) is 0 Å². The number of methoxy groups -OCH3 is 1. The van der Waals surface area contributed by atoms with Gasteiger partial charge in [-0.3, -0.25) is 0 Å². The number of aromatic nitrogens is 2. The monoisotopic (exact) mass is 363 g/mol. The Morgan fingerprint density at radius 2 is 2.06 bits per heavy atom. The molecule has 0 aliphatic rings. The zero-order valence-corrected chi connectivity index (χ0v) is 13.7. The quantitative estimate of drug-likeness (QED) is 0.756. The maximum Gasteiger partial charge on any atom is 0.143 e. The van der Waals surface area contributed by atoms with Crippen molar-refractivity contribution in [3.8, 4) is 0 Å². The van der Waals surface area contributed by atoms with Gasteiger partial charge in [0, 0.05) is 19.6 Å². The van der Waals surface area contributed by atoms with E-state index in [-0.39, 0.29) is 5.92 Å². The Balaban J connectivity index is 3.04. The highest BCUT2D eigenvalue weighted by atomic mass is 127. The predicted octanol–water partition coefficient (Wildman–Crippen LogP) is 3.22. The third-order valence-corrected chi connectivity index (χ3v) is 3.81. The van der Waals surface area contributed by atoms with Crippen molar-refractivity contribution in [1.82, 2.24) is 9.97 Å². The Morgan fingerprint density at radius 3 is 2.61 bits per heavy atom. The number of ether oxygens (including phenoxy) is 1. The first-order valence-electron chi connectivity index (χ1n) is 6.43. The van der Waals surface area contributed by atoms with Crippen LogP contribution in [0.1, 0.15) is 44.6 Å². The maximum atomic E-state index is 5.18. The molecule has 0 saturated carbocycles. The van der Waals surface area contributed by atoms with Gasteiger partial charge in [-0.1, -0.05) is 20.8 Å². The van der Waals surface area contributed by atoms with E-state index in [1.54, 1.807) is 7.11 Å². The lowest BCUT2D eigenvalue weighted by Crippen LogP contribution is -2.14. The molecule has 1 atom stereocenters. The summed E-state index contributed by atoms with van der Waals surface area (Å²) >= 11 is 2.32. The molecule has 1 N–H and O–H groups in total. The second-order valence-corrected chi connectivity index (χ2v) is 5.41. The van der Waals surface area contributed by atoms with Gasteiger partial charge in [0.25, 0.3) is 0 Å². The molecule has 0 aliphatic heterocycles. The summed E-state index contributed by atoms with van der Waals surface area (Å²) in [4.78, 5) is 9.27. The number of rotatable bonds is 7. The van der Waals surface area contributed by atoms with Crippen molar-refractivity contribution in [2.24, 2.45) is 0 Å². The van der Waals surface area contributed by atoms with Crippen molar-refractivity contribution in [3.63, 3.8) is 0 Å². The normalized spacial score (nSPS) is 12.5. The van der Waals surface area contributed by atoms with E-state index in [2.05, 4.69) is 58.6 Å². The summed E-state index contributed by atoms with van der Waals surface area (Å²) in [6.07, 6.45) is 2.01. The predicted molar refractivity (Wildman–Crippen MR) is 83.2 cm³/mol. The standard InChI is InChI=1S/C13H22IN3O/c1-5-7-15-13-11(14)10(6-2)16-12(17-13)9(3)8-18-4/h9H,5-8H2,1-4H3,(H,15,16,17). The van der Waals surface area contributed by atoms with Crippen LogP contribution in [0.2, 0.25) is 0 Å². The van der Waals surface area contributed by atoms with Crippen LogP contribution < -0.4 is 5.32 Å². The van der Waals surface area contributed by atoms with Crippen LogP contribution in [0, 0.1) is 3.57 Å². The van der Waals surface area contributed by atoms with Gasteiger partial charge in [0.1, 0.15) is 11.6 Å². The van der Waals surface area contributed by atoms with Crippen LogP contribution in [0.5, 0.6) is 0 Å². The average molecular weight is 363 g/mol. The number of anilines is 1. The molecule has 1 heterocycles. The first-order valence-corrected chi connectivity index (χ1v) is 7.50. The van der Waals surface area contributed by atoms with Gasteiger partial charge in [0.2, 0.25) is 0 Å². The van der Waals surface area contributed by atoms with Gasteiger partial charge in [-0.05, 0) is 35.4 Å². The molecular weight excluding hydrogens is 341 g/mol. The summed E-state index contributed by atoms with van der Waals surface area (Å²) in [6.45, 7) is 7.95. The molecule has 18 heavy (non-hydrogen) atoms. The molecule has 0 fully saturated rings. The summed E-state index contributed by atoms with van der Waals surface area (Å²) in [5.74, 6) is 2.05. The fraction of sp³-hybridized carbons (Fsp3) is 0.692. The lowest BCUT2D eigenvalue weighted by molar-refractivity contribution is 0.181. The molecule has 1 aromatic heterocycles. The molecule has 0 bridgehead atoms. The molecule has 0 amide bonds. The summed E-state index contributed by atoms with van der Waals surface area (Å²) in [5, 5.41) is 3.38. The van der Waals surface area contributed by atoms with Gasteiger partial charge >= 0.3 is 0 Å². The Bertz CT molecular complexity index is 385. The van der Waals surface area contributed by atoms with Crippen LogP contribution >= 0.6 is 22.6 Å². The van der Waals surface area contributed by atoms with Crippen molar-refractivity contribution < 1.29 is 4.74 Å². The first kappa shape index (κ1) is 15.6. The zero-order valence-electron chi connectivity index (χ0n) is 11.6. The van der Waals surface area contributed by atoms with E-state index in [1.807, 2.05) is 0 Å². The first-order chi connectivity index (χ1) is 8.63. The molecule has 4 nitrogen and oxygen atoms in total. The van der Waals surface area contributed by atoms with E-state index >= 15 is 0 Å². The lowest BCUT2D eigenvalue weighted by atomic mass is 10.1. The smallest absolute Gasteiger partial charge is 0.143 e. The molecule has 0 saturated heterocycles. The molecule has 1 aromatic rings. The van der Waals surface area contributed by atoms with Gasteiger partial charge in [-0.15, -0.1) is 0 Å². The van der Waals surface area contributed by atoms with Crippen LogP contribution in [-0.4, -0.2) is 30.2 Å². The molecule has 1 unspecified atom stereocenters. The second kappa shape index (κ2) is 7.89. The topological polar surface area (TPSA) is 47.0 Å². The van der Waals surface area contributed by atoms with Gasteiger partial charge in [-0.25, -0.2) is 9.97 Å². The number of hydrogen-bond donors (Lipinski definition) is 1. The number of halogens is 1.